The lowest BCUT2D eigenvalue weighted by atomic mass is 9.83. The molecule has 1 N–H and O–H groups in total. The molecule has 0 aliphatic heterocycles. The Bertz CT molecular complexity index is 950. The fourth-order valence-electron chi connectivity index (χ4n) is 2.85. The number of carbonyl (C=O) groups is 2. The predicted octanol–water partition coefficient (Wildman–Crippen LogP) is 3.96. The summed E-state index contributed by atoms with van der Waals surface area (Å²) in [7, 11) is 0. The maximum atomic E-state index is 12.7. The number of carbonyl (C=O) groups excluding carboxylic acids is 2. The van der Waals surface area contributed by atoms with Gasteiger partial charge in [0.15, 0.2) is 11.6 Å². The van der Waals surface area contributed by atoms with Gasteiger partial charge in [-0.15, -0.1) is 0 Å². The summed E-state index contributed by atoms with van der Waals surface area (Å²) in [5, 5.41) is 0. The van der Waals surface area contributed by atoms with E-state index in [1.807, 2.05) is 36.5 Å². The average molecular weight is 299 g/mol. The summed E-state index contributed by atoms with van der Waals surface area (Å²) in [6.45, 7) is 0. The van der Waals surface area contributed by atoms with Crippen molar-refractivity contribution in [2.45, 2.75) is 0 Å². The standard InChI is InChI=1S/C20H13NO2/c22-19-15-5-1-2-6-16(15)20(23)18-12-13(8-10-17(18)19)7-9-14-4-3-11-21-14/h1-12,21H/b9-7+. The summed E-state index contributed by atoms with van der Waals surface area (Å²) in [6, 6.07) is 16.2. The maximum Gasteiger partial charge on any atom is 0.194 e. The Morgan fingerprint density at radius 3 is 2.09 bits per heavy atom. The molecule has 0 radical (unpaired) electrons. The highest BCUT2D eigenvalue weighted by Gasteiger charge is 2.28. The van der Waals surface area contributed by atoms with Crippen LogP contribution in [0.25, 0.3) is 12.2 Å². The number of H-pyrrole nitrogens is 1. The van der Waals surface area contributed by atoms with Crippen molar-refractivity contribution in [1.82, 2.24) is 4.98 Å². The zero-order valence-corrected chi connectivity index (χ0v) is 12.2. The van der Waals surface area contributed by atoms with Gasteiger partial charge in [0.1, 0.15) is 0 Å². The van der Waals surface area contributed by atoms with Crippen LogP contribution in [0.1, 0.15) is 43.1 Å². The summed E-state index contributed by atoms with van der Waals surface area (Å²) in [5.41, 5.74) is 3.79. The second-order valence-corrected chi connectivity index (χ2v) is 5.47. The van der Waals surface area contributed by atoms with E-state index in [2.05, 4.69) is 4.98 Å². The topological polar surface area (TPSA) is 49.9 Å². The van der Waals surface area contributed by atoms with Gasteiger partial charge in [0.05, 0.1) is 0 Å². The SMILES string of the molecule is O=C1c2ccccc2C(=O)c2cc(/C=C/c3ccc[nH]3)ccc21. The molecular formula is C20H13NO2. The quantitative estimate of drug-likeness (QED) is 0.609. The minimum atomic E-state index is -0.0923. The third kappa shape index (κ3) is 2.23. The highest BCUT2D eigenvalue weighted by Crippen LogP contribution is 2.28. The molecular weight excluding hydrogens is 286 g/mol. The number of rotatable bonds is 2. The number of benzene rings is 2. The summed E-state index contributed by atoms with van der Waals surface area (Å²) < 4.78 is 0. The Labute approximate surface area is 133 Å². The van der Waals surface area contributed by atoms with E-state index in [0.29, 0.717) is 22.3 Å². The molecule has 4 rings (SSSR count). The highest BCUT2D eigenvalue weighted by molar-refractivity contribution is 6.28. The van der Waals surface area contributed by atoms with Gasteiger partial charge in [-0.1, -0.05) is 36.4 Å². The van der Waals surface area contributed by atoms with E-state index >= 15 is 0 Å². The van der Waals surface area contributed by atoms with Crippen LogP contribution in [0.2, 0.25) is 0 Å². The molecule has 3 heteroatoms. The molecule has 0 atom stereocenters. The normalized spacial score (nSPS) is 13.2. The Morgan fingerprint density at radius 2 is 1.39 bits per heavy atom. The van der Waals surface area contributed by atoms with Crippen LogP contribution in [0.3, 0.4) is 0 Å². The molecule has 0 saturated heterocycles. The first-order valence-corrected chi connectivity index (χ1v) is 7.38. The second kappa shape index (κ2) is 5.21. The van der Waals surface area contributed by atoms with E-state index in [1.165, 1.54) is 0 Å². The Balaban J connectivity index is 1.77. The van der Waals surface area contributed by atoms with E-state index in [0.717, 1.165) is 11.3 Å². The summed E-state index contributed by atoms with van der Waals surface area (Å²) in [6.07, 6.45) is 5.71. The van der Waals surface area contributed by atoms with Crippen LogP contribution >= 0.6 is 0 Å². The molecule has 2 aromatic carbocycles. The largest absolute Gasteiger partial charge is 0.362 e. The molecule has 1 aliphatic rings. The van der Waals surface area contributed by atoms with Gasteiger partial charge in [-0.25, -0.2) is 0 Å². The van der Waals surface area contributed by atoms with Crippen LogP contribution in [0.4, 0.5) is 0 Å². The lowest BCUT2D eigenvalue weighted by Crippen LogP contribution is -2.20. The van der Waals surface area contributed by atoms with Crippen LogP contribution in [-0.4, -0.2) is 16.6 Å². The summed E-state index contributed by atoms with van der Waals surface area (Å²) in [4.78, 5) is 28.3. The molecule has 0 fully saturated rings. The van der Waals surface area contributed by atoms with Gasteiger partial charge in [0, 0.05) is 34.1 Å². The fraction of sp³-hybridized carbons (Fsp3) is 0. The summed E-state index contributed by atoms with van der Waals surface area (Å²) in [5.74, 6) is -0.180. The van der Waals surface area contributed by atoms with E-state index in [1.54, 1.807) is 36.4 Å². The predicted molar refractivity (Wildman–Crippen MR) is 89.5 cm³/mol. The number of nitrogens with one attached hydrogen (secondary N) is 1. The monoisotopic (exact) mass is 299 g/mol. The molecule has 1 aliphatic carbocycles. The number of hydrogen-bond acceptors (Lipinski definition) is 2. The van der Waals surface area contributed by atoms with Crippen LogP contribution in [0, 0.1) is 0 Å². The maximum absolute atomic E-state index is 12.7. The van der Waals surface area contributed by atoms with Gasteiger partial charge in [-0.3, -0.25) is 9.59 Å². The van der Waals surface area contributed by atoms with Crippen LogP contribution in [0.5, 0.6) is 0 Å². The smallest absolute Gasteiger partial charge is 0.194 e. The third-order valence-electron chi connectivity index (χ3n) is 4.03. The number of aromatic nitrogens is 1. The molecule has 0 amide bonds. The van der Waals surface area contributed by atoms with Crippen molar-refractivity contribution in [2.24, 2.45) is 0 Å². The van der Waals surface area contributed by atoms with Crippen molar-refractivity contribution in [3.63, 3.8) is 0 Å². The van der Waals surface area contributed by atoms with Crippen LogP contribution < -0.4 is 0 Å². The molecule has 3 aromatic rings. The molecule has 1 heterocycles. The molecule has 3 nitrogen and oxygen atoms in total. The average Bonchev–Trinajstić information content (AvgIpc) is 3.11. The Hall–Kier alpha value is -3.20. The third-order valence-corrected chi connectivity index (χ3v) is 4.03. The van der Waals surface area contributed by atoms with Crippen molar-refractivity contribution in [3.05, 3.63) is 94.3 Å². The number of fused-ring (bicyclic) bond motifs is 2. The lowest BCUT2D eigenvalue weighted by molar-refractivity contribution is 0.0979. The van der Waals surface area contributed by atoms with Gasteiger partial charge in [-0.2, -0.15) is 0 Å². The van der Waals surface area contributed by atoms with Gasteiger partial charge in [0.25, 0.3) is 0 Å². The minimum absolute atomic E-state index is 0.0879. The van der Waals surface area contributed by atoms with Crippen molar-refractivity contribution >= 4 is 23.7 Å². The van der Waals surface area contributed by atoms with Crippen molar-refractivity contribution in [1.29, 1.82) is 0 Å². The van der Waals surface area contributed by atoms with Crippen molar-refractivity contribution < 1.29 is 9.59 Å². The van der Waals surface area contributed by atoms with Gasteiger partial charge in [0.2, 0.25) is 0 Å². The summed E-state index contributed by atoms with van der Waals surface area (Å²) >= 11 is 0. The fourth-order valence-corrected chi connectivity index (χ4v) is 2.85. The van der Waals surface area contributed by atoms with E-state index < -0.39 is 0 Å². The highest BCUT2D eigenvalue weighted by atomic mass is 16.1. The van der Waals surface area contributed by atoms with E-state index in [4.69, 9.17) is 0 Å². The first-order valence-electron chi connectivity index (χ1n) is 7.38. The Morgan fingerprint density at radius 1 is 0.696 bits per heavy atom. The van der Waals surface area contributed by atoms with Gasteiger partial charge < -0.3 is 4.98 Å². The molecule has 23 heavy (non-hydrogen) atoms. The number of ketones is 2. The minimum Gasteiger partial charge on any atom is -0.362 e. The zero-order chi connectivity index (χ0) is 15.8. The first-order chi connectivity index (χ1) is 11.2. The van der Waals surface area contributed by atoms with Crippen molar-refractivity contribution in [3.8, 4) is 0 Å². The molecule has 0 spiro atoms. The Kier molecular flexibility index (Phi) is 3.05. The molecule has 0 bridgehead atoms. The molecule has 1 aromatic heterocycles. The number of aromatic amines is 1. The van der Waals surface area contributed by atoms with Crippen molar-refractivity contribution in [2.75, 3.05) is 0 Å². The second-order valence-electron chi connectivity index (χ2n) is 5.47. The lowest BCUT2D eigenvalue weighted by Gasteiger charge is -2.17. The zero-order valence-electron chi connectivity index (χ0n) is 12.2. The number of hydrogen-bond donors (Lipinski definition) is 1. The van der Waals surface area contributed by atoms with Crippen LogP contribution in [0.15, 0.2) is 60.8 Å². The van der Waals surface area contributed by atoms with E-state index in [-0.39, 0.29) is 11.6 Å². The molecule has 0 unspecified atom stereocenters. The van der Waals surface area contributed by atoms with E-state index in [9.17, 15) is 9.59 Å². The van der Waals surface area contributed by atoms with Crippen LogP contribution in [-0.2, 0) is 0 Å². The first kappa shape index (κ1) is 13.5. The van der Waals surface area contributed by atoms with Gasteiger partial charge >= 0.3 is 0 Å². The molecule has 0 saturated carbocycles. The van der Waals surface area contributed by atoms with Gasteiger partial charge in [-0.05, 0) is 35.9 Å². The molecule has 110 valence electrons.